The summed E-state index contributed by atoms with van der Waals surface area (Å²) in [6, 6.07) is 12.9. The quantitative estimate of drug-likeness (QED) is 0.229. The fourth-order valence-corrected chi connectivity index (χ4v) is 2.98. The first-order valence-corrected chi connectivity index (χ1v) is 11.1. The molecule has 0 radical (unpaired) electrons. The zero-order valence-corrected chi connectivity index (χ0v) is 19.3. The van der Waals surface area contributed by atoms with E-state index in [0.29, 0.717) is 0 Å². The molecule has 0 spiro atoms. The fourth-order valence-electron chi connectivity index (χ4n) is 2.98. The van der Waals surface area contributed by atoms with Crippen molar-refractivity contribution in [2.45, 2.75) is 53.4 Å². The van der Waals surface area contributed by atoms with Gasteiger partial charge in [0, 0.05) is 12.4 Å². The second kappa shape index (κ2) is 14.7. The van der Waals surface area contributed by atoms with Crippen molar-refractivity contribution >= 4 is 33.3 Å². The summed E-state index contributed by atoms with van der Waals surface area (Å²) >= 11 is 2.22. The fraction of sp³-hybridized carbons (Fsp3) is 0.348. The first kappa shape index (κ1) is 25.7. The Morgan fingerprint density at radius 2 is 0.926 bits per heavy atom. The van der Waals surface area contributed by atoms with Crippen molar-refractivity contribution in [3.05, 3.63) is 66.1 Å². The Hall–Kier alpha value is -1.27. The van der Waals surface area contributed by atoms with Gasteiger partial charge >= 0.3 is 27.7 Å². The van der Waals surface area contributed by atoms with Crippen LogP contribution in [0.25, 0.3) is 0 Å². The van der Waals surface area contributed by atoms with E-state index in [1.54, 1.807) is 0 Å². The van der Waals surface area contributed by atoms with E-state index < -0.39 is 0 Å². The third-order valence-corrected chi connectivity index (χ3v) is 4.40. The van der Waals surface area contributed by atoms with E-state index in [9.17, 15) is 0 Å². The molecule has 0 unspecified atom stereocenters. The van der Waals surface area contributed by atoms with E-state index >= 15 is 0 Å². The van der Waals surface area contributed by atoms with Crippen molar-refractivity contribution in [2.24, 2.45) is 9.98 Å². The van der Waals surface area contributed by atoms with Gasteiger partial charge in [0.05, 0.1) is 11.4 Å². The Morgan fingerprint density at radius 3 is 1.15 bits per heavy atom. The van der Waals surface area contributed by atoms with Crippen molar-refractivity contribution in [2.75, 3.05) is 0 Å². The first-order valence-electron chi connectivity index (χ1n) is 9.15. The third-order valence-electron chi connectivity index (χ3n) is 4.40. The van der Waals surface area contributed by atoms with Gasteiger partial charge in [-0.2, -0.15) is 0 Å². The summed E-state index contributed by atoms with van der Waals surface area (Å²) in [4.78, 5) is 9.40. The third kappa shape index (κ3) is 7.34. The Bertz CT molecular complexity index is 631. The molecule has 0 atom stereocenters. The van der Waals surface area contributed by atoms with E-state index in [0.717, 1.165) is 37.1 Å². The van der Waals surface area contributed by atoms with Crippen LogP contribution in [0.2, 0.25) is 0 Å². The van der Waals surface area contributed by atoms with Gasteiger partial charge in [0.25, 0.3) is 0 Å². The molecule has 4 heteroatoms. The molecule has 0 fully saturated rings. The summed E-state index contributed by atoms with van der Waals surface area (Å²) in [5.41, 5.74) is 7.38. The molecule has 150 valence electrons. The molecule has 0 saturated carbocycles. The van der Waals surface area contributed by atoms with E-state index in [4.69, 9.17) is 9.98 Å². The summed E-state index contributed by atoms with van der Waals surface area (Å²) in [6.45, 7) is 8.69. The number of para-hydroxylation sites is 2. The summed E-state index contributed by atoms with van der Waals surface area (Å²) in [5.74, 6) is 0. The van der Waals surface area contributed by atoms with Crippen LogP contribution >= 0.6 is 9.53 Å². The molecule has 0 amide bonds. The van der Waals surface area contributed by atoms with Crippen LogP contribution in [0.4, 0.5) is 11.4 Å². The van der Waals surface area contributed by atoms with Gasteiger partial charge in [0.15, 0.2) is 0 Å². The predicted molar refractivity (Wildman–Crippen MR) is 119 cm³/mol. The maximum atomic E-state index is 4.70. The molecule has 2 rings (SSSR count). The average molecular weight is 477 g/mol. The van der Waals surface area contributed by atoms with Crippen molar-refractivity contribution in [1.29, 1.82) is 0 Å². The Morgan fingerprint density at radius 1 is 0.667 bits per heavy atom. The minimum absolute atomic E-state index is 0. The van der Waals surface area contributed by atoms with Crippen LogP contribution in [0.5, 0.6) is 0 Å². The molecule has 2 aromatic carbocycles. The second-order valence-electron chi connectivity index (χ2n) is 5.82. The molecule has 2 nitrogen and oxygen atoms in total. The number of hydrogen-bond acceptors (Lipinski definition) is 2. The number of halogens is 1. The number of benzene rings is 2. The number of nitrogens with zero attached hydrogens (tertiary/aromatic N) is 2. The van der Waals surface area contributed by atoms with Crippen LogP contribution < -0.4 is 0 Å². The molecule has 27 heavy (non-hydrogen) atoms. The molecule has 0 aromatic heterocycles. The summed E-state index contributed by atoms with van der Waals surface area (Å²) in [5, 5.41) is 0. The summed E-state index contributed by atoms with van der Waals surface area (Å²) in [7, 11) is 4.49. The number of hydrogen-bond donors (Lipinski definition) is 0. The van der Waals surface area contributed by atoms with Crippen LogP contribution in [-0.4, -0.2) is 12.4 Å². The number of aliphatic imine (C=N–C) groups is 2. The van der Waals surface area contributed by atoms with Crippen molar-refractivity contribution in [1.82, 2.24) is 0 Å². The van der Waals surface area contributed by atoms with Crippen molar-refractivity contribution in [3.8, 4) is 0 Å². The van der Waals surface area contributed by atoms with E-state index in [-0.39, 0.29) is 7.43 Å². The molecule has 0 aliphatic carbocycles. The molecule has 0 aliphatic rings. The SMILES string of the molecule is CCc1cccc(CC)c1N=CC=Nc1c(CC)cccc1CC.[CH3-].[Cl][Pd+]. The monoisotopic (exact) mass is 476 g/mol. The van der Waals surface area contributed by atoms with Crippen LogP contribution in [0.1, 0.15) is 49.9 Å². The zero-order valence-electron chi connectivity index (χ0n) is 17.0. The molecular weight excluding hydrogens is 446 g/mol. The molecule has 0 N–H and O–H groups in total. The van der Waals surface area contributed by atoms with E-state index in [2.05, 4.69) is 91.8 Å². The van der Waals surface area contributed by atoms with E-state index in [1.807, 2.05) is 12.4 Å². The topological polar surface area (TPSA) is 24.7 Å². The van der Waals surface area contributed by atoms with Crippen molar-refractivity contribution in [3.63, 3.8) is 0 Å². The summed E-state index contributed by atoms with van der Waals surface area (Å²) < 4.78 is 0. The Labute approximate surface area is 180 Å². The van der Waals surface area contributed by atoms with Crippen LogP contribution in [-0.2, 0) is 43.9 Å². The standard InChI is InChI=1S/C22H28N2.CH3.ClH.Pd/c1-5-17-11-9-12-18(6-2)21(17)23-15-16-24-22-19(7-3)13-10-14-20(22)8-4;;;/h9-16H,5-8H2,1-4H3;1H3;1H;/q;-1;;+2/p-1. The zero-order chi connectivity index (χ0) is 19.4. The van der Waals surface area contributed by atoms with Crippen molar-refractivity contribution < 1.29 is 18.2 Å². The van der Waals surface area contributed by atoms with Gasteiger partial charge < -0.3 is 7.43 Å². The van der Waals surface area contributed by atoms with Gasteiger partial charge in [-0.25, -0.2) is 0 Å². The molecule has 0 aliphatic heterocycles. The average Bonchev–Trinajstić information content (AvgIpc) is 2.72. The van der Waals surface area contributed by atoms with Gasteiger partial charge in [-0.3, -0.25) is 9.98 Å². The van der Waals surface area contributed by atoms with Crippen LogP contribution in [0.15, 0.2) is 46.4 Å². The molecule has 0 heterocycles. The molecule has 2 aromatic rings. The van der Waals surface area contributed by atoms with E-state index in [1.165, 1.54) is 22.3 Å². The summed E-state index contributed by atoms with van der Waals surface area (Å²) in [6.07, 6.45) is 7.65. The Kier molecular flexibility index (Phi) is 14.1. The van der Waals surface area contributed by atoms with Crippen LogP contribution in [0, 0.1) is 7.43 Å². The van der Waals surface area contributed by atoms with Gasteiger partial charge in [0.1, 0.15) is 0 Å². The minimum atomic E-state index is 0. The molecule has 0 saturated heterocycles. The maximum absolute atomic E-state index is 4.70. The van der Waals surface area contributed by atoms with Crippen LogP contribution in [0.3, 0.4) is 0 Å². The number of aryl methyl sites for hydroxylation is 4. The Balaban J connectivity index is 0.00000218. The van der Waals surface area contributed by atoms with Gasteiger partial charge in [-0.15, -0.1) is 0 Å². The van der Waals surface area contributed by atoms with Gasteiger partial charge in [-0.1, -0.05) is 64.1 Å². The normalized spacial score (nSPS) is 10.6. The van der Waals surface area contributed by atoms with Gasteiger partial charge in [0.2, 0.25) is 0 Å². The first-order chi connectivity index (χ1) is 12.7. The molecular formula is C23H31ClN2Pd. The van der Waals surface area contributed by atoms with Gasteiger partial charge in [-0.05, 0) is 47.9 Å². The number of rotatable bonds is 7. The predicted octanol–water partition coefficient (Wildman–Crippen LogP) is 7.18. The second-order valence-corrected chi connectivity index (χ2v) is 5.82. The molecule has 0 bridgehead atoms.